The van der Waals surface area contributed by atoms with Gasteiger partial charge in [-0.2, -0.15) is 0 Å². The molecular weight excluding hydrogens is 516 g/mol. The van der Waals surface area contributed by atoms with E-state index in [2.05, 4.69) is 55.4 Å². The summed E-state index contributed by atoms with van der Waals surface area (Å²) in [6.07, 6.45) is 22.1. The number of nitrogens with zero attached hydrogens (tertiary/aromatic N) is 2. The number of quaternary nitrogens is 2. The van der Waals surface area contributed by atoms with Gasteiger partial charge in [0.15, 0.2) is 0 Å². The molecule has 2 N–H and O–H groups in total. The number of unbranched alkanes of at least 4 members (excludes halogenated alkanes) is 8. The third-order valence-electron chi connectivity index (χ3n) is 8.05. The lowest BCUT2D eigenvalue weighted by molar-refractivity contribution is -0.929. The maximum absolute atomic E-state index is 8.93. The Morgan fingerprint density at radius 3 is 0.561 bits per heavy atom. The molecule has 0 aromatic carbocycles. The van der Waals surface area contributed by atoms with Crippen molar-refractivity contribution in [2.45, 2.75) is 158 Å². The summed E-state index contributed by atoms with van der Waals surface area (Å²) in [4.78, 5) is 17.9. The standard InChI is InChI=1S/2C16H36N.C2H2O4.H2O/c2*1-5-9-13-17(14-10-6-2,15-11-7-3)16-12-8-4;3-1(4)2(5)6;/h2*5-16H2,1-4H3;(H,3,4)(H,5,6);1H2/q2*+1;;/p-2. The zero-order valence-electron chi connectivity index (χ0n) is 29.0. The molecule has 0 spiro atoms. The van der Waals surface area contributed by atoms with Crippen molar-refractivity contribution in [3.8, 4) is 0 Å². The van der Waals surface area contributed by atoms with Crippen molar-refractivity contribution < 1.29 is 34.2 Å². The van der Waals surface area contributed by atoms with E-state index in [9.17, 15) is 0 Å². The van der Waals surface area contributed by atoms with Crippen LogP contribution in [-0.2, 0) is 9.59 Å². The second-order valence-corrected chi connectivity index (χ2v) is 11.9. The highest BCUT2D eigenvalue weighted by molar-refractivity contribution is 6.25. The van der Waals surface area contributed by atoms with E-state index in [4.69, 9.17) is 19.8 Å². The maximum Gasteiger partial charge on any atom is 0.0870 e. The summed E-state index contributed by atoms with van der Waals surface area (Å²) in [6.45, 7) is 30.0. The number of hydrogen-bond donors (Lipinski definition) is 0. The van der Waals surface area contributed by atoms with Crippen molar-refractivity contribution >= 4 is 11.9 Å². The van der Waals surface area contributed by atoms with Gasteiger partial charge >= 0.3 is 0 Å². The molecule has 7 nitrogen and oxygen atoms in total. The lowest BCUT2D eigenvalue weighted by Gasteiger charge is -2.39. The van der Waals surface area contributed by atoms with Gasteiger partial charge in [-0.25, -0.2) is 0 Å². The van der Waals surface area contributed by atoms with Crippen molar-refractivity contribution in [1.29, 1.82) is 0 Å². The number of aliphatic carboxylic acids is 2. The summed E-state index contributed by atoms with van der Waals surface area (Å²) in [7, 11) is 0. The van der Waals surface area contributed by atoms with Gasteiger partial charge in [0, 0.05) is 0 Å². The average Bonchev–Trinajstić information content (AvgIpc) is 2.96. The SMILES string of the molecule is CCCC[N+](CCCC)(CCCC)CCCC.CCCC[N+](CCCC)(CCCC)CCCC.O.O=C([O-])C(=O)[O-]. The Morgan fingerprint density at radius 1 is 0.366 bits per heavy atom. The van der Waals surface area contributed by atoms with Gasteiger partial charge in [-0.05, 0) is 51.4 Å². The number of carboxylic acids is 2. The van der Waals surface area contributed by atoms with E-state index in [1.807, 2.05) is 0 Å². The third-order valence-corrected chi connectivity index (χ3v) is 8.05. The van der Waals surface area contributed by atoms with E-state index < -0.39 is 11.9 Å². The first kappa shape index (κ1) is 46.8. The van der Waals surface area contributed by atoms with Crippen LogP contribution in [0.5, 0.6) is 0 Å². The number of rotatable bonds is 24. The maximum atomic E-state index is 8.93. The van der Waals surface area contributed by atoms with Crippen LogP contribution in [0.15, 0.2) is 0 Å². The molecule has 0 aliphatic carbocycles. The second-order valence-electron chi connectivity index (χ2n) is 11.9. The topological polar surface area (TPSA) is 112 Å². The molecular formula is C34H74N2O5. The highest BCUT2D eigenvalue weighted by Crippen LogP contribution is 2.17. The molecule has 0 fully saturated rings. The van der Waals surface area contributed by atoms with Crippen LogP contribution < -0.4 is 10.2 Å². The van der Waals surface area contributed by atoms with Crippen LogP contribution in [0.3, 0.4) is 0 Å². The smallest absolute Gasteiger partial charge is 0.0870 e. The Balaban J connectivity index is -0.000000273. The lowest BCUT2D eigenvalue weighted by Crippen LogP contribution is -2.50. The number of carbonyl (C=O) groups excluding carboxylic acids is 2. The summed E-state index contributed by atoms with van der Waals surface area (Å²) >= 11 is 0. The molecule has 0 aliphatic heterocycles. The van der Waals surface area contributed by atoms with Gasteiger partial charge in [0.05, 0.1) is 64.3 Å². The molecule has 0 aliphatic rings. The predicted octanol–water partition coefficient (Wildman–Crippen LogP) is 5.67. The van der Waals surface area contributed by atoms with Gasteiger partial charge in [-0.3, -0.25) is 0 Å². The summed E-state index contributed by atoms with van der Waals surface area (Å²) in [5.74, 6) is -4.37. The van der Waals surface area contributed by atoms with E-state index in [1.54, 1.807) is 0 Å². The third kappa shape index (κ3) is 28.7. The van der Waals surface area contributed by atoms with Crippen molar-refractivity contribution in [3.63, 3.8) is 0 Å². The Hall–Kier alpha value is -1.18. The summed E-state index contributed by atoms with van der Waals surface area (Å²) in [5, 5.41) is 17.9. The molecule has 0 aromatic rings. The molecule has 0 unspecified atom stereocenters. The fourth-order valence-corrected chi connectivity index (χ4v) is 5.29. The first-order chi connectivity index (χ1) is 19.1. The zero-order chi connectivity index (χ0) is 31.1. The molecule has 0 amide bonds. The number of carboxylic acid groups (broad SMARTS) is 2. The average molecular weight is 591 g/mol. The zero-order valence-corrected chi connectivity index (χ0v) is 29.0. The van der Waals surface area contributed by atoms with Crippen LogP contribution in [0.25, 0.3) is 0 Å². The molecule has 250 valence electrons. The van der Waals surface area contributed by atoms with Gasteiger partial charge in [-0.1, -0.05) is 107 Å². The Bertz CT molecular complexity index is 434. The Morgan fingerprint density at radius 2 is 0.488 bits per heavy atom. The molecule has 0 saturated carbocycles. The molecule has 0 heterocycles. The fourth-order valence-electron chi connectivity index (χ4n) is 5.29. The van der Waals surface area contributed by atoms with Crippen LogP contribution in [0.1, 0.15) is 158 Å². The second kappa shape index (κ2) is 33.3. The first-order valence-corrected chi connectivity index (χ1v) is 17.3. The Labute approximate surface area is 256 Å². The molecule has 0 rings (SSSR count). The molecule has 7 heteroatoms. The van der Waals surface area contributed by atoms with Crippen molar-refractivity contribution in [3.05, 3.63) is 0 Å². The van der Waals surface area contributed by atoms with Crippen molar-refractivity contribution in [2.24, 2.45) is 0 Å². The van der Waals surface area contributed by atoms with Crippen molar-refractivity contribution in [1.82, 2.24) is 0 Å². The monoisotopic (exact) mass is 591 g/mol. The summed E-state index contributed by atoms with van der Waals surface area (Å²) in [6, 6.07) is 0. The van der Waals surface area contributed by atoms with Crippen molar-refractivity contribution in [2.75, 3.05) is 52.4 Å². The molecule has 0 atom stereocenters. The molecule has 0 radical (unpaired) electrons. The highest BCUT2D eigenvalue weighted by Gasteiger charge is 2.25. The fraction of sp³-hybridized carbons (Fsp3) is 0.941. The first-order valence-electron chi connectivity index (χ1n) is 17.3. The summed E-state index contributed by atoms with van der Waals surface area (Å²) < 4.78 is 2.84. The molecule has 0 bridgehead atoms. The summed E-state index contributed by atoms with van der Waals surface area (Å²) in [5.41, 5.74) is 0. The number of carbonyl (C=O) groups is 2. The molecule has 0 saturated heterocycles. The minimum Gasteiger partial charge on any atom is -0.543 e. The van der Waals surface area contributed by atoms with Crippen LogP contribution in [0.2, 0.25) is 0 Å². The minimum absolute atomic E-state index is 0. The van der Waals surface area contributed by atoms with E-state index in [0.29, 0.717) is 0 Å². The van der Waals surface area contributed by atoms with E-state index in [0.717, 1.165) is 0 Å². The molecule has 0 aromatic heterocycles. The van der Waals surface area contributed by atoms with E-state index in [1.165, 1.54) is 164 Å². The predicted molar refractivity (Wildman–Crippen MR) is 172 cm³/mol. The highest BCUT2D eigenvalue weighted by atomic mass is 16.4. The Kier molecular flexibility index (Phi) is 38.0. The molecule has 41 heavy (non-hydrogen) atoms. The minimum atomic E-state index is -2.19. The van der Waals surface area contributed by atoms with Crippen LogP contribution >= 0.6 is 0 Å². The normalized spacial score (nSPS) is 11.0. The van der Waals surface area contributed by atoms with E-state index in [-0.39, 0.29) is 5.48 Å². The van der Waals surface area contributed by atoms with Crippen LogP contribution in [-0.4, -0.2) is 78.7 Å². The quantitative estimate of drug-likeness (QED) is 0.106. The van der Waals surface area contributed by atoms with Gasteiger partial charge in [0.25, 0.3) is 0 Å². The van der Waals surface area contributed by atoms with E-state index >= 15 is 0 Å². The largest absolute Gasteiger partial charge is 0.543 e. The van der Waals surface area contributed by atoms with Crippen LogP contribution in [0.4, 0.5) is 0 Å². The van der Waals surface area contributed by atoms with Gasteiger partial charge < -0.3 is 34.2 Å². The van der Waals surface area contributed by atoms with Gasteiger partial charge in [-0.15, -0.1) is 0 Å². The van der Waals surface area contributed by atoms with Gasteiger partial charge in [0.2, 0.25) is 0 Å². The van der Waals surface area contributed by atoms with Gasteiger partial charge in [0.1, 0.15) is 0 Å². The van der Waals surface area contributed by atoms with Crippen LogP contribution in [0, 0.1) is 0 Å². The number of hydrogen-bond acceptors (Lipinski definition) is 4. The lowest BCUT2D eigenvalue weighted by atomic mass is 10.1.